The molecule has 3 N–H and O–H groups in total. The number of hydrogen-bond donors (Lipinski definition) is 3. The molecule has 1 aliphatic heterocycles. The van der Waals surface area contributed by atoms with Crippen LogP contribution in [0.15, 0.2) is 60.9 Å². The summed E-state index contributed by atoms with van der Waals surface area (Å²) in [5, 5.41) is 14.1. The number of para-hydroxylation sites is 1. The van der Waals surface area contributed by atoms with Crippen LogP contribution in [0.3, 0.4) is 0 Å². The van der Waals surface area contributed by atoms with Gasteiger partial charge in [-0.3, -0.25) is 9.97 Å². The molecule has 30 heavy (non-hydrogen) atoms. The minimum absolute atomic E-state index is 0.289. The van der Waals surface area contributed by atoms with Crippen molar-refractivity contribution in [2.45, 2.75) is 0 Å². The summed E-state index contributed by atoms with van der Waals surface area (Å²) in [5.41, 5.74) is 4.59. The molecule has 0 atom stereocenters. The number of benzene rings is 1. The van der Waals surface area contributed by atoms with Crippen LogP contribution in [-0.2, 0) is 0 Å². The van der Waals surface area contributed by atoms with Gasteiger partial charge in [0.2, 0.25) is 0 Å². The van der Waals surface area contributed by atoms with Gasteiger partial charge in [-0.2, -0.15) is 0 Å². The zero-order valence-electron chi connectivity index (χ0n) is 16.3. The lowest BCUT2D eigenvalue weighted by Crippen LogP contribution is -2.44. The van der Waals surface area contributed by atoms with Gasteiger partial charge in [0.15, 0.2) is 0 Å². The Kier molecular flexibility index (Phi) is 4.65. The number of carbonyl (C=O) groups is 1. The highest BCUT2D eigenvalue weighted by Gasteiger charge is 2.22. The standard InChI is InChI=1S/C23H21N5O2/c29-23(30)18-13-21(27-22(18)28-9-7-24-8-10-28)16-5-6-25-20(12-16)17-11-15-3-1-2-4-19(15)26-14-17/h1-6,11-14,24,27H,7-10H2,(H,29,30). The molecule has 7 heteroatoms. The summed E-state index contributed by atoms with van der Waals surface area (Å²) >= 11 is 0. The molecule has 4 heterocycles. The van der Waals surface area contributed by atoms with Crippen molar-refractivity contribution in [3.05, 3.63) is 66.5 Å². The van der Waals surface area contributed by atoms with Crippen LogP contribution in [0.2, 0.25) is 0 Å². The zero-order chi connectivity index (χ0) is 20.5. The quantitative estimate of drug-likeness (QED) is 0.487. The van der Waals surface area contributed by atoms with Crippen molar-refractivity contribution in [2.24, 2.45) is 0 Å². The molecule has 7 nitrogen and oxygen atoms in total. The van der Waals surface area contributed by atoms with Crippen molar-refractivity contribution in [3.63, 3.8) is 0 Å². The van der Waals surface area contributed by atoms with Crippen molar-refractivity contribution >= 4 is 22.7 Å². The third-order valence-corrected chi connectivity index (χ3v) is 5.42. The molecule has 5 rings (SSSR count). The molecule has 1 saturated heterocycles. The molecule has 150 valence electrons. The molecule has 0 spiro atoms. The third-order valence-electron chi connectivity index (χ3n) is 5.42. The van der Waals surface area contributed by atoms with Gasteiger partial charge in [0, 0.05) is 60.8 Å². The number of nitrogens with zero attached hydrogens (tertiary/aromatic N) is 3. The summed E-state index contributed by atoms with van der Waals surface area (Å²) in [7, 11) is 0. The van der Waals surface area contributed by atoms with Crippen molar-refractivity contribution in [3.8, 4) is 22.5 Å². The number of aromatic carboxylic acids is 1. The number of pyridine rings is 2. The summed E-state index contributed by atoms with van der Waals surface area (Å²) in [6, 6.07) is 15.6. The van der Waals surface area contributed by atoms with Crippen LogP contribution in [0.1, 0.15) is 10.4 Å². The fourth-order valence-electron chi connectivity index (χ4n) is 3.87. The van der Waals surface area contributed by atoms with E-state index in [1.54, 1.807) is 12.3 Å². The lowest BCUT2D eigenvalue weighted by molar-refractivity contribution is 0.0697. The van der Waals surface area contributed by atoms with E-state index in [4.69, 9.17) is 0 Å². The number of fused-ring (bicyclic) bond motifs is 1. The van der Waals surface area contributed by atoms with E-state index in [-0.39, 0.29) is 5.56 Å². The average Bonchev–Trinajstić information content (AvgIpc) is 3.25. The second kappa shape index (κ2) is 7.61. The lowest BCUT2D eigenvalue weighted by atomic mass is 10.1. The van der Waals surface area contributed by atoms with Gasteiger partial charge in [-0.15, -0.1) is 0 Å². The maximum atomic E-state index is 11.8. The number of carboxylic acid groups (broad SMARTS) is 1. The van der Waals surface area contributed by atoms with Crippen LogP contribution >= 0.6 is 0 Å². The molecule has 0 bridgehead atoms. The molecule has 3 aromatic heterocycles. The van der Waals surface area contributed by atoms with Crippen molar-refractivity contribution in [2.75, 3.05) is 31.1 Å². The van der Waals surface area contributed by atoms with E-state index in [1.807, 2.05) is 42.6 Å². The number of hydrogen-bond acceptors (Lipinski definition) is 5. The molecule has 0 amide bonds. The third kappa shape index (κ3) is 3.40. The van der Waals surface area contributed by atoms with Crippen LogP contribution in [0.5, 0.6) is 0 Å². The van der Waals surface area contributed by atoms with Gasteiger partial charge in [0.05, 0.1) is 11.2 Å². The number of H-pyrrole nitrogens is 1. The number of anilines is 1. The SMILES string of the molecule is O=C(O)c1cc(-c2ccnc(-c3cnc4ccccc4c3)c2)[nH]c1N1CCNCC1. The van der Waals surface area contributed by atoms with Crippen LogP contribution in [0.25, 0.3) is 33.4 Å². The predicted octanol–water partition coefficient (Wildman–Crippen LogP) is 3.40. The predicted molar refractivity (Wildman–Crippen MR) is 117 cm³/mol. The number of rotatable bonds is 4. The molecule has 1 fully saturated rings. The van der Waals surface area contributed by atoms with Crippen LogP contribution < -0.4 is 10.2 Å². The van der Waals surface area contributed by atoms with Gasteiger partial charge in [-0.05, 0) is 30.3 Å². The Hall–Kier alpha value is -3.71. The fourth-order valence-corrected chi connectivity index (χ4v) is 3.87. The number of carboxylic acids is 1. The minimum atomic E-state index is -0.931. The molecular formula is C23H21N5O2. The zero-order valence-corrected chi connectivity index (χ0v) is 16.3. The topological polar surface area (TPSA) is 94.1 Å². The van der Waals surface area contributed by atoms with E-state index in [0.717, 1.165) is 59.6 Å². The highest BCUT2D eigenvalue weighted by Crippen LogP contribution is 2.30. The second-order valence-corrected chi connectivity index (χ2v) is 7.33. The molecular weight excluding hydrogens is 378 g/mol. The maximum absolute atomic E-state index is 11.8. The van der Waals surface area contributed by atoms with Gasteiger partial charge in [0.25, 0.3) is 0 Å². The first-order valence-corrected chi connectivity index (χ1v) is 9.92. The average molecular weight is 399 g/mol. The van der Waals surface area contributed by atoms with E-state index in [9.17, 15) is 9.90 Å². The Balaban J connectivity index is 1.54. The first-order chi connectivity index (χ1) is 14.7. The molecule has 0 aliphatic carbocycles. The Morgan fingerprint density at radius 1 is 1.00 bits per heavy atom. The Morgan fingerprint density at radius 2 is 1.83 bits per heavy atom. The summed E-state index contributed by atoms with van der Waals surface area (Å²) in [6.45, 7) is 3.21. The summed E-state index contributed by atoms with van der Waals surface area (Å²) in [5.74, 6) is -0.274. The minimum Gasteiger partial charge on any atom is -0.478 e. The van der Waals surface area contributed by atoms with Gasteiger partial charge >= 0.3 is 5.97 Å². The van der Waals surface area contributed by atoms with Crippen molar-refractivity contribution in [1.29, 1.82) is 0 Å². The van der Waals surface area contributed by atoms with Gasteiger partial charge in [-0.1, -0.05) is 18.2 Å². The van der Waals surface area contributed by atoms with E-state index >= 15 is 0 Å². The van der Waals surface area contributed by atoms with Crippen LogP contribution in [0.4, 0.5) is 5.82 Å². The fraction of sp³-hybridized carbons (Fsp3) is 0.174. The number of nitrogens with one attached hydrogen (secondary N) is 2. The van der Waals surface area contributed by atoms with Gasteiger partial charge < -0.3 is 20.3 Å². The summed E-state index contributed by atoms with van der Waals surface area (Å²) in [6.07, 6.45) is 3.56. The molecule has 4 aromatic rings. The number of aromatic nitrogens is 3. The van der Waals surface area contributed by atoms with Gasteiger partial charge in [0.1, 0.15) is 11.4 Å². The summed E-state index contributed by atoms with van der Waals surface area (Å²) < 4.78 is 0. The van der Waals surface area contributed by atoms with Crippen molar-refractivity contribution in [1.82, 2.24) is 20.3 Å². The van der Waals surface area contributed by atoms with Crippen molar-refractivity contribution < 1.29 is 9.90 Å². The highest BCUT2D eigenvalue weighted by atomic mass is 16.4. The molecule has 1 aliphatic rings. The molecule has 1 aromatic carbocycles. The van der Waals surface area contributed by atoms with Crippen LogP contribution in [0, 0.1) is 0 Å². The number of piperazine rings is 1. The van der Waals surface area contributed by atoms with E-state index in [2.05, 4.69) is 31.2 Å². The van der Waals surface area contributed by atoms with Crippen LogP contribution in [-0.4, -0.2) is 52.2 Å². The molecule has 0 radical (unpaired) electrons. The normalized spacial score (nSPS) is 14.2. The van der Waals surface area contributed by atoms with E-state index in [0.29, 0.717) is 5.82 Å². The lowest BCUT2D eigenvalue weighted by Gasteiger charge is -2.28. The number of aromatic amines is 1. The Bertz CT molecular complexity index is 1230. The highest BCUT2D eigenvalue weighted by molar-refractivity contribution is 5.96. The van der Waals surface area contributed by atoms with E-state index < -0.39 is 5.97 Å². The molecule has 0 saturated carbocycles. The monoisotopic (exact) mass is 399 g/mol. The van der Waals surface area contributed by atoms with E-state index in [1.165, 1.54) is 0 Å². The Morgan fingerprint density at radius 3 is 2.67 bits per heavy atom. The second-order valence-electron chi connectivity index (χ2n) is 7.33. The maximum Gasteiger partial charge on any atom is 0.339 e. The summed E-state index contributed by atoms with van der Waals surface area (Å²) in [4.78, 5) is 26.3. The van der Waals surface area contributed by atoms with Gasteiger partial charge in [-0.25, -0.2) is 4.79 Å². The first-order valence-electron chi connectivity index (χ1n) is 9.92. The largest absolute Gasteiger partial charge is 0.478 e. The first kappa shape index (κ1) is 18.3. The molecule has 0 unspecified atom stereocenters. The Labute approximate surface area is 173 Å². The smallest absolute Gasteiger partial charge is 0.339 e.